The van der Waals surface area contributed by atoms with Crippen LogP contribution >= 0.6 is 0 Å². The molecule has 0 unspecified atom stereocenters. The number of dihydropyridines is 1. The van der Waals surface area contributed by atoms with Crippen LogP contribution in [0.3, 0.4) is 0 Å². The smallest absolute Gasteiger partial charge is 0.124 e. The number of phenols is 1. The molecule has 2 fully saturated rings. The van der Waals surface area contributed by atoms with Gasteiger partial charge in [-0.2, -0.15) is 0 Å². The van der Waals surface area contributed by atoms with E-state index < -0.39 is 0 Å². The molecule has 0 aromatic heterocycles. The number of ether oxygens (including phenoxy) is 1. The summed E-state index contributed by atoms with van der Waals surface area (Å²) in [5.74, 6) is 0.322. The molecule has 1 spiro atoms. The number of piperazine rings is 1. The summed E-state index contributed by atoms with van der Waals surface area (Å²) in [5.41, 5.74) is 21.1. The Hall–Kier alpha value is -3.26. The lowest BCUT2D eigenvalue weighted by Gasteiger charge is -2.57. The van der Waals surface area contributed by atoms with Gasteiger partial charge in [-0.05, 0) is 36.6 Å². The van der Waals surface area contributed by atoms with Crippen LogP contribution in [0.15, 0.2) is 65.9 Å². The minimum Gasteiger partial charge on any atom is -0.507 e. The molecule has 4 rings (SSSR count). The van der Waals surface area contributed by atoms with Crippen molar-refractivity contribution in [3.8, 4) is 5.75 Å². The SMILES string of the molecule is CC.NC(N)=C(/C=C(\N)c1ccccc1O)N1CCN(C2=CCNC=C2)C2(COC2)C1. The van der Waals surface area contributed by atoms with E-state index in [-0.39, 0.29) is 17.1 Å². The topological polar surface area (TPSA) is 126 Å². The van der Waals surface area contributed by atoms with Gasteiger partial charge >= 0.3 is 0 Å². The lowest BCUT2D eigenvalue weighted by molar-refractivity contribution is -0.152. The molecular weight excluding hydrogens is 392 g/mol. The molecular formula is C23H34N6O2. The van der Waals surface area contributed by atoms with Gasteiger partial charge < -0.3 is 42.2 Å². The number of para-hydroxylation sites is 1. The van der Waals surface area contributed by atoms with Crippen LogP contribution in [0, 0.1) is 0 Å². The zero-order valence-electron chi connectivity index (χ0n) is 18.3. The van der Waals surface area contributed by atoms with Gasteiger partial charge in [-0.3, -0.25) is 0 Å². The van der Waals surface area contributed by atoms with Crippen molar-refractivity contribution in [3.63, 3.8) is 0 Å². The van der Waals surface area contributed by atoms with Crippen LogP contribution in [0.2, 0.25) is 0 Å². The maximum atomic E-state index is 10.1. The molecule has 3 aliphatic rings. The average molecular weight is 427 g/mol. The summed E-state index contributed by atoms with van der Waals surface area (Å²) in [4.78, 5) is 4.58. The van der Waals surface area contributed by atoms with Crippen LogP contribution in [-0.2, 0) is 4.74 Å². The van der Waals surface area contributed by atoms with Gasteiger partial charge in [0.1, 0.15) is 17.1 Å². The van der Waals surface area contributed by atoms with Gasteiger partial charge in [0.05, 0.1) is 18.9 Å². The molecule has 1 aromatic rings. The highest BCUT2D eigenvalue weighted by molar-refractivity contribution is 5.70. The summed E-state index contributed by atoms with van der Waals surface area (Å²) in [6.07, 6.45) is 8.02. The van der Waals surface area contributed by atoms with Crippen LogP contribution < -0.4 is 22.5 Å². The van der Waals surface area contributed by atoms with E-state index in [0.717, 1.165) is 26.2 Å². The van der Waals surface area contributed by atoms with Gasteiger partial charge in [0.15, 0.2) is 0 Å². The highest BCUT2D eigenvalue weighted by Crippen LogP contribution is 2.35. The van der Waals surface area contributed by atoms with Crippen molar-refractivity contribution in [1.82, 2.24) is 15.1 Å². The van der Waals surface area contributed by atoms with Gasteiger partial charge in [0, 0.05) is 43.1 Å². The molecule has 3 heterocycles. The second-order valence-corrected chi connectivity index (χ2v) is 7.62. The van der Waals surface area contributed by atoms with Crippen molar-refractivity contribution < 1.29 is 9.84 Å². The van der Waals surface area contributed by atoms with E-state index in [4.69, 9.17) is 21.9 Å². The molecule has 0 bridgehead atoms. The second-order valence-electron chi connectivity index (χ2n) is 7.62. The first-order chi connectivity index (χ1) is 15.0. The summed E-state index contributed by atoms with van der Waals surface area (Å²) in [5, 5.41) is 13.3. The molecule has 0 aliphatic carbocycles. The molecule has 168 valence electrons. The number of nitrogens with two attached hydrogens (primary N) is 3. The fourth-order valence-electron chi connectivity index (χ4n) is 4.11. The maximum absolute atomic E-state index is 10.1. The Balaban J connectivity index is 0.00000132. The predicted octanol–water partition coefficient (Wildman–Crippen LogP) is 1.19. The Morgan fingerprint density at radius 1 is 1.16 bits per heavy atom. The number of nitrogens with one attached hydrogen (secondary N) is 1. The van der Waals surface area contributed by atoms with E-state index in [0.29, 0.717) is 30.2 Å². The number of phenolic OH excluding ortho intramolecular Hbond substituents is 1. The van der Waals surface area contributed by atoms with E-state index in [1.54, 1.807) is 24.3 Å². The Kier molecular flexibility index (Phi) is 7.02. The van der Waals surface area contributed by atoms with Crippen molar-refractivity contribution >= 4 is 5.70 Å². The number of benzene rings is 1. The summed E-state index contributed by atoms with van der Waals surface area (Å²) in [7, 11) is 0. The summed E-state index contributed by atoms with van der Waals surface area (Å²) >= 11 is 0. The first-order valence-corrected chi connectivity index (χ1v) is 10.7. The predicted molar refractivity (Wildman–Crippen MR) is 124 cm³/mol. The van der Waals surface area contributed by atoms with Crippen LogP contribution in [0.1, 0.15) is 19.4 Å². The first-order valence-electron chi connectivity index (χ1n) is 10.7. The summed E-state index contributed by atoms with van der Waals surface area (Å²) in [6.45, 7) is 8.42. The number of hydrogen-bond donors (Lipinski definition) is 5. The maximum Gasteiger partial charge on any atom is 0.124 e. The zero-order valence-corrected chi connectivity index (χ0v) is 18.3. The zero-order chi connectivity index (χ0) is 22.4. The third kappa shape index (κ3) is 4.59. The lowest BCUT2D eigenvalue weighted by Crippen LogP contribution is -2.70. The molecule has 0 atom stereocenters. The fourth-order valence-corrected chi connectivity index (χ4v) is 4.11. The highest BCUT2D eigenvalue weighted by Gasteiger charge is 2.48. The van der Waals surface area contributed by atoms with Gasteiger partial charge in [0.2, 0.25) is 0 Å². The Morgan fingerprint density at radius 3 is 2.48 bits per heavy atom. The second kappa shape index (κ2) is 9.70. The number of rotatable bonds is 4. The number of hydrogen-bond acceptors (Lipinski definition) is 8. The Labute approximate surface area is 184 Å². The number of allylic oxidation sites excluding steroid dienone is 2. The van der Waals surface area contributed by atoms with E-state index in [1.165, 1.54) is 5.70 Å². The van der Waals surface area contributed by atoms with E-state index >= 15 is 0 Å². The van der Waals surface area contributed by atoms with Gasteiger partial charge in [-0.15, -0.1) is 0 Å². The molecule has 8 heteroatoms. The largest absolute Gasteiger partial charge is 0.507 e. The monoisotopic (exact) mass is 426 g/mol. The van der Waals surface area contributed by atoms with Gasteiger partial charge in [-0.1, -0.05) is 26.0 Å². The van der Waals surface area contributed by atoms with Crippen LogP contribution in [-0.4, -0.2) is 59.8 Å². The number of nitrogens with zero attached hydrogens (tertiary/aromatic N) is 2. The molecule has 0 amide bonds. The van der Waals surface area contributed by atoms with E-state index in [1.807, 2.05) is 26.1 Å². The van der Waals surface area contributed by atoms with Crippen molar-refractivity contribution in [2.45, 2.75) is 19.4 Å². The minimum absolute atomic E-state index is 0.120. The summed E-state index contributed by atoms with van der Waals surface area (Å²) in [6, 6.07) is 6.94. The molecule has 2 saturated heterocycles. The molecule has 8 N–H and O–H groups in total. The molecule has 31 heavy (non-hydrogen) atoms. The van der Waals surface area contributed by atoms with Crippen molar-refractivity contribution in [3.05, 3.63) is 71.5 Å². The van der Waals surface area contributed by atoms with Crippen molar-refractivity contribution in [1.29, 1.82) is 0 Å². The lowest BCUT2D eigenvalue weighted by atomic mass is 9.90. The standard InChI is InChI=1S/C21H28N6O2.C2H6/c22-17(16-3-1-2-4-19(16)28)11-18(20(23)24)26-9-10-27(15-5-7-25-8-6-15)21(12-26)13-29-14-21;1-2/h1-7,11,25,28H,8-10,12-14,22-24H2;1-2H3/b17-11-;. The average Bonchev–Trinajstić information content (AvgIpc) is 2.78. The Morgan fingerprint density at radius 2 is 1.90 bits per heavy atom. The van der Waals surface area contributed by atoms with Crippen LogP contribution in [0.5, 0.6) is 5.75 Å². The normalized spacial score (nSPS) is 19.5. The fraction of sp³-hybridized carbons (Fsp3) is 0.391. The van der Waals surface area contributed by atoms with Crippen LogP contribution in [0.4, 0.5) is 0 Å². The van der Waals surface area contributed by atoms with Gasteiger partial charge in [-0.25, -0.2) is 0 Å². The molecule has 0 radical (unpaired) electrons. The molecule has 0 saturated carbocycles. The minimum atomic E-state index is -0.121. The number of aromatic hydroxyl groups is 1. The van der Waals surface area contributed by atoms with E-state index in [2.05, 4.69) is 27.3 Å². The first kappa shape index (κ1) is 22.4. The molecule has 1 aromatic carbocycles. The third-order valence-electron chi connectivity index (χ3n) is 5.65. The molecule has 8 nitrogen and oxygen atoms in total. The third-order valence-corrected chi connectivity index (χ3v) is 5.65. The van der Waals surface area contributed by atoms with Gasteiger partial charge in [0.25, 0.3) is 0 Å². The highest BCUT2D eigenvalue weighted by atomic mass is 16.5. The van der Waals surface area contributed by atoms with E-state index in [9.17, 15) is 5.11 Å². The molecule has 3 aliphatic heterocycles. The van der Waals surface area contributed by atoms with Crippen molar-refractivity contribution in [2.75, 3.05) is 39.4 Å². The summed E-state index contributed by atoms with van der Waals surface area (Å²) < 4.78 is 5.60. The Bertz CT molecular complexity index is 897. The quantitative estimate of drug-likeness (QED) is 0.455. The van der Waals surface area contributed by atoms with Crippen molar-refractivity contribution in [2.24, 2.45) is 17.2 Å². The van der Waals surface area contributed by atoms with Crippen LogP contribution in [0.25, 0.3) is 5.70 Å².